The van der Waals surface area contributed by atoms with Gasteiger partial charge in [0.05, 0.1) is 7.11 Å². The molecule has 0 heterocycles. The summed E-state index contributed by atoms with van der Waals surface area (Å²) < 4.78 is 5.35. The fraction of sp³-hybridized carbons (Fsp3) is 0.385. The van der Waals surface area contributed by atoms with E-state index in [1.807, 2.05) is 13.0 Å². The summed E-state index contributed by atoms with van der Waals surface area (Å²) in [6.07, 6.45) is 2.00. The van der Waals surface area contributed by atoms with E-state index in [4.69, 9.17) is 4.74 Å². The fourth-order valence-corrected chi connectivity index (χ4v) is 1.93. The van der Waals surface area contributed by atoms with Crippen molar-refractivity contribution in [2.24, 2.45) is 0 Å². The van der Waals surface area contributed by atoms with Gasteiger partial charge in [-0.2, -0.15) is 0 Å². The van der Waals surface area contributed by atoms with Gasteiger partial charge in [0.15, 0.2) is 0 Å². The first-order valence-corrected chi connectivity index (χ1v) is 4.88. The van der Waals surface area contributed by atoms with Crippen LogP contribution in [0, 0.1) is 20.8 Å². The van der Waals surface area contributed by atoms with Crippen molar-refractivity contribution in [3.63, 3.8) is 0 Å². The smallest absolute Gasteiger partial charge is 0.122 e. The summed E-state index contributed by atoms with van der Waals surface area (Å²) in [6.45, 7) is 8.36. The van der Waals surface area contributed by atoms with E-state index in [-0.39, 0.29) is 0 Å². The third kappa shape index (κ3) is 1.98. The highest BCUT2D eigenvalue weighted by molar-refractivity contribution is 5.66. The van der Waals surface area contributed by atoms with Crippen molar-refractivity contribution in [3.8, 4) is 0 Å². The van der Waals surface area contributed by atoms with Crippen molar-refractivity contribution in [3.05, 3.63) is 40.5 Å². The van der Waals surface area contributed by atoms with Gasteiger partial charge in [0.1, 0.15) is 5.76 Å². The quantitative estimate of drug-likeness (QED) is 0.647. The maximum absolute atomic E-state index is 5.35. The molecule has 0 saturated heterocycles. The third-order valence-corrected chi connectivity index (χ3v) is 2.41. The SMILES string of the molecule is CC=C(OC)c1c(C)cc(C)cc1C. The molecule has 14 heavy (non-hydrogen) atoms. The molecule has 0 aliphatic rings. The average Bonchev–Trinajstić information content (AvgIpc) is 2.10. The Labute approximate surface area is 86.4 Å². The molecule has 0 aliphatic heterocycles. The highest BCUT2D eigenvalue weighted by Gasteiger charge is 2.08. The first kappa shape index (κ1) is 10.8. The van der Waals surface area contributed by atoms with Gasteiger partial charge >= 0.3 is 0 Å². The zero-order chi connectivity index (χ0) is 10.7. The molecule has 76 valence electrons. The van der Waals surface area contributed by atoms with Crippen LogP contribution in [0.5, 0.6) is 0 Å². The van der Waals surface area contributed by atoms with Crippen LogP contribution in [0.3, 0.4) is 0 Å². The molecule has 0 fully saturated rings. The monoisotopic (exact) mass is 190 g/mol. The van der Waals surface area contributed by atoms with Crippen molar-refractivity contribution in [1.82, 2.24) is 0 Å². The number of hydrogen-bond acceptors (Lipinski definition) is 1. The zero-order valence-electron chi connectivity index (χ0n) is 9.64. The lowest BCUT2D eigenvalue weighted by atomic mass is 9.98. The minimum Gasteiger partial charge on any atom is -0.496 e. The van der Waals surface area contributed by atoms with Crippen LogP contribution in [0.2, 0.25) is 0 Å². The second-order valence-corrected chi connectivity index (χ2v) is 3.63. The first-order chi connectivity index (χ1) is 6.60. The Morgan fingerprint density at radius 2 is 1.64 bits per heavy atom. The van der Waals surface area contributed by atoms with Crippen molar-refractivity contribution >= 4 is 5.76 Å². The number of aryl methyl sites for hydroxylation is 3. The van der Waals surface area contributed by atoms with Gasteiger partial charge in [-0.05, 0) is 44.9 Å². The topological polar surface area (TPSA) is 9.23 Å². The summed E-state index contributed by atoms with van der Waals surface area (Å²) in [5.74, 6) is 0.958. The average molecular weight is 190 g/mol. The molecule has 0 radical (unpaired) electrons. The molecule has 0 amide bonds. The molecule has 1 aromatic rings. The molecule has 0 atom stereocenters. The molecular formula is C13H18O. The molecule has 0 saturated carbocycles. The van der Waals surface area contributed by atoms with E-state index < -0.39 is 0 Å². The van der Waals surface area contributed by atoms with Crippen LogP contribution in [0.1, 0.15) is 29.2 Å². The minimum absolute atomic E-state index is 0.958. The van der Waals surface area contributed by atoms with Crippen LogP contribution >= 0.6 is 0 Å². The van der Waals surface area contributed by atoms with Gasteiger partial charge in [-0.1, -0.05) is 17.7 Å². The largest absolute Gasteiger partial charge is 0.496 e. The summed E-state index contributed by atoms with van der Waals surface area (Å²) in [6, 6.07) is 4.37. The van der Waals surface area contributed by atoms with Gasteiger partial charge in [0, 0.05) is 5.56 Å². The number of rotatable bonds is 2. The molecule has 0 spiro atoms. The molecule has 1 nitrogen and oxygen atoms in total. The molecule has 0 aliphatic carbocycles. The Bertz CT molecular complexity index is 338. The zero-order valence-corrected chi connectivity index (χ0v) is 9.64. The maximum Gasteiger partial charge on any atom is 0.122 e. The lowest BCUT2D eigenvalue weighted by Crippen LogP contribution is -1.96. The van der Waals surface area contributed by atoms with Crippen LogP contribution in [-0.2, 0) is 4.74 Å². The third-order valence-electron chi connectivity index (χ3n) is 2.41. The summed E-state index contributed by atoms with van der Waals surface area (Å²) in [5, 5.41) is 0. The summed E-state index contributed by atoms with van der Waals surface area (Å²) >= 11 is 0. The van der Waals surface area contributed by atoms with Crippen LogP contribution < -0.4 is 0 Å². The van der Waals surface area contributed by atoms with Crippen molar-refractivity contribution in [1.29, 1.82) is 0 Å². The Balaban J connectivity index is 3.34. The van der Waals surface area contributed by atoms with Gasteiger partial charge < -0.3 is 4.74 Å². The predicted molar refractivity (Wildman–Crippen MR) is 61.3 cm³/mol. The number of benzene rings is 1. The molecule has 0 N–H and O–H groups in total. The van der Waals surface area contributed by atoms with Gasteiger partial charge in [-0.3, -0.25) is 0 Å². The second kappa shape index (κ2) is 4.32. The van der Waals surface area contributed by atoms with Crippen molar-refractivity contribution in [2.75, 3.05) is 7.11 Å². The fourth-order valence-electron chi connectivity index (χ4n) is 1.93. The minimum atomic E-state index is 0.958. The second-order valence-electron chi connectivity index (χ2n) is 3.63. The Morgan fingerprint density at radius 1 is 1.14 bits per heavy atom. The van der Waals surface area contributed by atoms with E-state index in [2.05, 4.69) is 32.9 Å². The van der Waals surface area contributed by atoms with Gasteiger partial charge in [-0.25, -0.2) is 0 Å². The lowest BCUT2D eigenvalue weighted by Gasteiger charge is -2.13. The Kier molecular flexibility index (Phi) is 3.34. The lowest BCUT2D eigenvalue weighted by molar-refractivity contribution is 0.369. The highest BCUT2D eigenvalue weighted by Crippen LogP contribution is 2.24. The van der Waals surface area contributed by atoms with Crippen LogP contribution in [-0.4, -0.2) is 7.11 Å². The summed E-state index contributed by atoms with van der Waals surface area (Å²) in [4.78, 5) is 0. The molecular weight excluding hydrogens is 172 g/mol. The van der Waals surface area contributed by atoms with Crippen LogP contribution in [0.25, 0.3) is 5.76 Å². The van der Waals surface area contributed by atoms with E-state index in [0.29, 0.717) is 0 Å². The Hall–Kier alpha value is -1.24. The molecule has 0 aromatic heterocycles. The molecule has 0 unspecified atom stereocenters. The molecule has 1 rings (SSSR count). The molecule has 1 heteroatoms. The van der Waals surface area contributed by atoms with Gasteiger partial charge in [0.2, 0.25) is 0 Å². The summed E-state index contributed by atoms with van der Waals surface area (Å²) in [5.41, 5.74) is 5.07. The van der Waals surface area contributed by atoms with E-state index in [9.17, 15) is 0 Å². The molecule has 1 aromatic carbocycles. The van der Waals surface area contributed by atoms with E-state index in [1.165, 1.54) is 22.3 Å². The number of allylic oxidation sites excluding steroid dienone is 1. The Morgan fingerprint density at radius 3 is 2.00 bits per heavy atom. The first-order valence-electron chi connectivity index (χ1n) is 4.88. The van der Waals surface area contributed by atoms with Crippen LogP contribution in [0.4, 0.5) is 0 Å². The van der Waals surface area contributed by atoms with Crippen LogP contribution in [0.15, 0.2) is 18.2 Å². The summed E-state index contributed by atoms with van der Waals surface area (Å²) in [7, 11) is 1.72. The van der Waals surface area contributed by atoms with Gasteiger partial charge in [-0.15, -0.1) is 0 Å². The maximum atomic E-state index is 5.35. The van der Waals surface area contributed by atoms with E-state index >= 15 is 0 Å². The number of hydrogen-bond donors (Lipinski definition) is 0. The van der Waals surface area contributed by atoms with Gasteiger partial charge in [0.25, 0.3) is 0 Å². The highest BCUT2D eigenvalue weighted by atomic mass is 16.5. The van der Waals surface area contributed by atoms with Crippen molar-refractivity contribution < 1.29 is 4.74 Å². The normalized spacial score (nSPS) is 11.6. The predicted octanol–water partition coefficient (Wildman–Crippen LogP) is 3.62. The van der Waals surface area contributed by atoms with E-state index in [1.54, 1.807) is 7.11 Å². The number of ether oxygens (including phenoxy) is 1. The van der Waals surface area contributed by atoms with Crippen molar-refractivity contribution in [2.45, 2.75) is 27.7 Å². The standard InChI is InChI=1S/C13H18O/c1-6-12(14-5)13-10(3)7-9(2)8-11(13)4/h6-8H,1-5H3. The van der Waals surface area contributed by atoms with E-state index in [0.717, 1.165) is 5.76 Å². The molecule has 0 bridgehead atoms. The number of methoxy groups -OCH3 is 1.